The molecule has 0 amide bonds. The molecule has 2 heterocycles. The molecule has 0 spiro atoms. The molecule has 6 heteroatoms. The van der Waals surface area contributed by atoms with Crippen molar-refractivity contribution in [1.82, 2.24) is 9.97 Å². The number of piperidine rings is 1. The standard InChI is InChI=1S/C11H12F3N3/c1-8-3-6-17(7-4-8)10-15-5-2-9(16-10)11(12,13)14/h2,5H,1,3-4,6-7H2. The van der Waals surface area contributed by atoms with E-state index < -0.39 is 11.9 Å². The van der Waals surface area contributed by atoms with Gasteiger partial charge in [0.15, 0.2) is 0 Å². The van der Waals surface area contributed by atoms with Crippen LogP contribution in [0, 0.1) is 0 Å². The molecule has 1 fully saturated rings. The fourth-order valence-corrected chi connectivity index (χ4v) is 1.68. The van der Waals surface area contributed by atoms with Crippen LogP contribution >= 0.6 is 0 Å². The number of aromatic nitrogens is 2. The number of anilines is 1. The highest BCUT2D eigenvalue weighted by Crippen LogP contribution is 2.28. The number of nitrogens with zero attached hydrogens (tertiary/aromatic N) is 3. The van der Waals surface area contributed by atoms with E-state index in [0.717, 1.165) is 30.7 Å². The highest BCUT2D eigenvalue weighted by atomic mass is 19.4. The van der Waals surface area contributed by atoms with E-state index in [4.69, 9.17) is 0 Å². The zero-order valence-electron chi connectivity index (χ0n) is 9.17. The molecule has 0 N–H and O–H groups in total. The maximum Gasteiger partial charge on any atom is 0.433 e. The van der Waals surface area contributed by atoms with E-state index in [1.165, 1.54) is 0 Å². The van der Waals surface area contributed by atoms with Crippen molar-refractivity contribution in [3.05, 3.63) is 30.1 Å². The first-order valence-corrected chi connectivity index (χ1v) is 5.28. The summed E-state index contributed by atoms with van der Waals surface area (Å²) in [5, 5.41) is 0. The third-order valence-electron chi connectivity index (χ3n) is 2.69. The van der Waals surface area contributed by atoms with Gasteiger partial charge in [-0.3, -0.25) is 0 Å². The van der Waals surface area contributed by atoms with E-state index in [9.17, 15) is 13.2 Å². The quantitative estimate of drug-likeness (QED) is 0.710. The van der Waals surface area contributed by atoms with Crippen LogP contribution in [0.25, 0.3) is 0 Å². The Morgan fingerprint density at radius 1 is 1.24 bits per heavy atom. The first-order valence-electron chi connectivity index (χ1n) is 5.28. The van der Waals surface area contributed by atoms with Crippen molar-refractivity contribution in [3.63, 3.8) is 0 Å². The number of halogens is 3. The molecule has 0 bridgehead atoms. The second-order valence-electron chi connectivity index (χ2n) is 3.98. The Balaban J connectivity index is 2.19. The summed E-state index contributed by atoms with van der Waals surface area (Å²) >= 11 is 0. The SMILES string of the molecule is C=C1CCN(c2nccc(C(F)(F)F)n2)CC1. The first-order chi connectivity index (χ1) is 7.97. The molecule has 0 saturated carbocycles. The molecule has 1 aromatic rings. The van der Waals surface area contributed by atoms with Crippen LogP contribution in [-0.4, -0.2) is 23.1 Å². The zero-order chi connectivity index (χ0) is 12.5. The van der Waals surface area contributed by atoms with Crippen molar-refractivity contribution in [1.29, 1.82) is 0 Å². The molecular formula is C11H12F3N3. The molecule has 0 aromatic carbocycles. The minimum Gasteiger partial charge on any atom is -0.340 e. The molecule has 0 aliphatic carbocycles. The van der Waals surface area contributed by atoms with Gasteiger partial charge in [0.05, 0.1) is 0 Å². The largest absolute Gasteiger partial charge is 0.433 e. The number of rotatable bonds is 1. The monoisotopic (exact) mass is 243 g/mol. The summed E-state index contributed by atoms with van der Waals surface area (Å²) in [5.41, 5.74) is 0.222. The molecule has 0 radical (unpaired) electrons. The third-order valence-corrected chi connectivity index (χ3v) is 2.69. The van der Waals surface area contributed by atoms with Crippen LogP contribution in [0.2, 0.25) is 0 Å². The lowest BCUT2D eigenvalue weighted by molar-refractivity contribution is -0.141. The van der Waals surface area contributed by atoms with Crippen LogP contribution in [0.1, 0.15) is 18.5 Å². The molecule has 2 rings (SSSR count). The van der Waals surface area contributed by atoms with Gasteiger partial charge in [0.2, 0.25) is 5.95 Å². The normalized spacial score (nSPS) is 17.4. The summed E-state index contributed by atoms with van der Waals surface area (Å²) in [6.45, 7) is 5.10. The molecule has 17 heavy (non-hydrogen) atoms. The molecule has 3 nitrogen and oxygen atoms in total. The minimum absolute atomic E-state index is 0.146. The molecular weight excluding hydrogens is 231 g/mol. The summed E-state index contributed by atoms with van der Waals surface area (Å²) in [5.74, 6) is 0.146. The Labute approximate surface area is 97.0 Å². The van der Waals surface area contributed by atoms with Crippen LogP contribution in [-0.2, 0) is 6.18 Å². The Morgan fingerprint density at radius 2 is 1.88 bits per heavy atom. The predicted octanol–water partition coefficient (Wildman–Crippen LogP) is 2.65. The van der Waals surface area contributed by atoms with Gasteiger partial charge >= 0.3 is 6.18 Å². The second-order valence-corrected chi connectivity index (χ2v) is 3.98. The fourth-order valence-electron chi connectivity index (χ4n) is 1.68. The second kappa shape index (κ2) is 4.35. The van der Waals surface area contributed by atoms with Crippen molar-refractivity contribution in [2.45, 2.75) is 19.0 Å². The van der Waals surface area contributed by atoms with Gasteiger partial charge in [-0.15, -0.1) is 0 Å². The molecule has 0 unspecified atom stereocenters. The van der Waals surface area contributed by atoms with Crippen LogP contribution in [0.5, 0.6) is 0 Å². The summed E-state index contributed by atoms with van der Waals surface area (Å²) in [6, 6.07) is 0.881. The minimum atomic E-state index is -4.42. The summed E-state index contributed by atoms with van der Waals surface area (Å²) in [6.07, 6.45) is -1.72. The maximum absolute atomic E-state index is 12.5. The smallest absolute Gasteiger partial charge is 0.340 e. The Bertz CT molecular complexity index is 418. The van der Waals surface area contributed by atoms with E-state index >= 15 is 0 Å². The highest BCUT2D eigenvalue weighted by molar-refractivity contribution is 5.33. The average molecular weight is 243 g/mol. The lowest BCUT2D eigenvalue weighted by Crippen LogP contribution is -2.32. The van der Waals surface area contributed by atoms with Gasteiger partial charge in [0, 0.05) is 19.3 Å². The van der Waals surface area contributed by atoms with Gasteiger partial charge in [0.25, 0.3) is 0 Å². The van der Waals surface area contributed by atoms with Crippen molar-refractivity contribution in [2.75, 3.05) is 18.0 Å². The first kappa shape index (κ1) is 11.9. The molecule has 1 saturated heterocycles. The summed E-state index contributed by atoms with van der Waals surface area (Å²) < 4.78 is 37.4. The molecule has 0 atom stereocenters. The molecule has 92 valence electrons. The zero-order valence-corrected chi connectivity index (χ0v) is 9.17. The lowest BCUT2D eigenvalue weighted by Gasteiger charge is -2.28. The summed E-state index contributed by atoms with van der Waals surface area (Å²) in [7, 11) is 0. The topological polar surface area (TPSA) is 29.0 Å². The molecule has 1 aromatic heterocycles. The van der Waals surface area contributed by atoms with Gasteiger partial charge in [-0.25, -0.2) is 9.97 Å². The third kappa shape index (κ3) is 2.75. The van der Waals surface area contributed by atoms with Crippen LogP contribution in [0.4, 0.5) is 19.1 Å². The number of hydrogen-bond donors (Lipinski definition) is 0. The van der Waals surface area contributed by atoms with Gasteiger partial charge in [-0.2, -0.15) is 13.2 Å². The highest BCUT2D eigenvalue weighted by Gasteiger charge is 2.33. The van der Waals surface area contributed by atoms with E-state index in [-0.39, 0.29) is 5.95 Å². The van der Waals surface area contributed by atoms with Gasteiger partial charge in [-0.1, -0.05) is 12.2 Å². The van der Waals surface area contributed by atoms with Crippen molar-refractivity contribution >= 4 is 5.95 Å². The molecule has 1 aliphatic rings. The average Bonchev–Trinajstić information content (AvgIpc) is 2.29. The predicted molar refractivity (Wildman–Crippen MR) is 57.6 cm³/mol. The van der Waals surface area contributed by atoms with Gasteiger partial charge in [-0.05, 0) is 18.9 Å². The van der Waals surface area contributed by atoms with E-state index in [1.54, 1.807) is 4.90 Å². The molecule has 1 aliphatic heterocycles. The van der Waals surface area contributed by atoms with Gasteiger partial charge < -0.3 is 4.90 Å². The van der Waals surface area contributed by atoms with Crippen LogP contribution in [0.3, 0.4) is 0 Å². The van der Waals surface area contributed by atoms with E-state index in [0.29, 0.717) is 13.1 Å². The van der Waals surface area contributed by atoms with Crippen molar-refractivity contribution in [2.24, 2.45) is 0 Å². The number of alkyl halides is 3. The summed E-state index contributed by atoms with van der Waals surface area (Å²) in [4.78, 5) is 9.19. The van der Waals surface area contributed by atoms with Gasteiger partial charge in [0.1, 0.15) is 5.69 Å². The lowest BCUT2D eigenvalue weighted by atomic mass is 10.1. The van der Waals surface area contributed by atoms with Crippen LogP contribution in [0.15, 0.2) is 24.4 Å². The van der Waals surface area contributed by atoms with E-state index in [1.807, 2.05) is 0 Å². The Kier molecular flexibility index (Phi) is 3.04. The Hall–Kier alpha value is -1.59. The van der Waals surface area contributed by atoms with Crippen molar-refractivity contribution in [3.8, 4) is 0 Å². The van der Waals surface area contributed by atoms with Crippen LogP contribution < -0.4 is 4.90 Å². The van der Waals surface area contributed by atoms with E-state index in [2.05, 4.69) is 16.5 Å². The fraction of sp³-hybridized carbons (Fsp3) is 0.455. The van der Waals surface area contributed by atoms with Crippen molar-refractivity contribution < 1.29 is 13.2 Å². The Morgan fingerprint density at radius 3 is 2.47 bits per heavy atom. The number of hydrogen-bond acceptors (Lipinski definition) is 3. The maximum atomic E-state index is 12.5.